The maximum absolute atomic E-state index is 11.9. The zero-order valence-corrected chi connectivity index (χ0v) is 14.1. The average Bonchev–Trinajstić information content (AvgIpc) is 2.98. The molecule has 1 unspecified atom stereocenters. The predicted molar refractivity (Wildman–Crippen MR) is 90.1 cm³/mol. The first kappa shape index (κ1) is 18.2. The molecule has 2 rings (SSSR count). The SMILES string of the molecule is Cc1c(Cl)cccc1NC(=O)CNC(=O)CN1CCCC1C(=O)O. The molecular weight excluding hydrogens is 334 g/mol. The van der Waals surface area contributed by atoms with Crippen LogP contribution < -0.4 is 10.6 Å². The summed E-state index contributed by atoms with van der Waals surface area (Å²) < 4.78 is 0. The number of rotatable bonds is 6. The van der Waals surface area contributed by atoms with Gasteiger partial charge in [-0.1, -0.05) is 17.7 Å². The summed E-state index contributed by atoms with van der Waals surface area (Å²) in [5.41, 5.74) is 1.34. The number of halogens is 1. The number of hydrogen-bond donors (Lipinski definition) is 3. The minimum Gasteiger partial charge on any atom is -0.480 e. The normalized spacial score (nSPS) is 17.5. The summed E-state index contributed by atoms with van der Waals surface area (Å²) in [7, 11) is 0. The first-order chi connectivity index (χ1) is 11.4. The van der Waals surface area contributed by atoms with E-state index in [2.05, 4.69) is 10.6 Å². The molecule has 24 heavy (non-hydrogen) atoms. The van der Waals surface area contributed by atoms with Gasteiger partial charge in [0.05, 0.1) is 13.1 Å². The molecule has 1 aliphatic rings. The molecule has 130 valence electrons. The molecule has 0 aromatic heterocycles. The number of benzene rings is 1. The topological polar surface area (TPSA) is 98.7 Å². The fourth-order valence-electron chi connectivity index (χ4n) is 2.65. The van der Waals surface area contributed by atoms with Crippen LogP contribution in [0, 0.1) is 6.92 Å². The number of carbonyl (C=O) groups excluding carboxylic acids is 2. The molecule has 1 atom stereocenters. The van der Waals surface area contributed by atoms with Crippen molar-refractivity contribution in [1.29, 1.82) is 0 Å². The van der Waals surface area contributed by atoms with E-state index in [1.807, 2.05) is 0 Å². The van der Waals surface area contributed by atoms with Crippen molar-refractivity contribution < 1.29 is 19.5 Å². The van der Waals surface area contributed by atoms with Crippen molar-refractivity contribution in [1.82, 2.24) is 10.2 Å². The van der Waals surface area contributed by atoms with E-state index in [0.717, 1.165) is 12.0 Å². The lowest BCUT2D eigenvalue weighted by molar-refractivity contribution is -0.142. The van der Waals surface area contributed by atoms with Crippen LogP contribution in [-0.2, 0) is 14.4 Å². The Morgan fingerprint density at radius 2 is 2.08 bits per heavy atom. The third-order valence-corrected chi connectivity index (χ3v) is 4.39. The fourth-order valence-corrected chi connectivity index (χ4v) is 2.83. The maximum Gasteiger partial charge on any atom is 0.320 e. The number of aliphatic carboxylic acids is 1. The lowest BCUT2D eigenvalue weighted by Crippen LogP contribution is -2.44. The molecular formula is C16H20ClN3O4. The molecule has 1 saturated heterocycles. The highest BCUT2D eigenvalue weighted by Crippen LogP contribution is 2.22. The van der Waals surface area contributed by atoms with Gasteiger partial charge in [0.2, 0.25) is 11.8 Å². The largest absolute Gasteiger partial charge is 0.480 e. The number of anilines is 1. The van der Waals surface area contributed by atoms with Gasteiger partial charge < -0.3 is 15.7 Å². The predicted octanol–water partition coefficient (Wildman–Crippen LogP) is 1.25. The molecule has 0 aliphatic carbocycles. The quantitative estimate of drug-likeness (QED) is 0.715. The first-order valence-corrected chi connectivity index (χ1v) is 8.05. The van der Waals surface area contributed by atoms with Crippen LogP contribution in [0.25, 0.3) is 0 Å². The van der Waals surface area contributed by atoms with Crippen molar-refractivity contribution in [2.75, 3.05) is 25.0 Å². The molecule has 7 nitrogen and oxygen atoms in total. The van der Waals surface area contributed by atoms with Gasteiger partial charge in [-0.05, 0) is 44.0 Å². The fraction of sp³-hybridized carbons (Fsp3) is 0.438. The van der Waals surface area contributed by atoms with E-state index < -0.39 is 12.0 Å². The number of amides is 2. The lowest BCUT2D eigenvalue weighted by atomic mass is 10.2. The van der Waals surface area contributed by atoms with Gasteiger partial charge in [-0.3, -0.25) is 19.3 Å². The van der Waals surface area contributed by atoms with Gasteiger partial charge in [0, 0.05) is 10.7 Å². The van der Waals surface area contributed by atoms with E-state index in [-0.39, 0.29) is 24.9 Å². The molecule has 8 heteroatoms. The van der Waals surface area contributed by atoms with E-state index in [4.69, 9.17) is 16.7 Å². The van der Waals surface area contributed by atoms with E-state index in [1.54, 1.807) is 30.0 Å². The highest BCUT2D eigenvalue weighted by atomic mass is 35.5. The lowest BCUT2D eigenvalue weighted by Gasteiger charge is -2.20. The van der Waals surface area contributed by atoms with Crippen molar-refractivity contribution in [3.63, 3.8) is 0 Å². The number of nitrogens with one attached hydrogen (secondary N) is 2. The minimum atomic E-state index is -0.922. The van der Waals surface area contributed by atoms with Crippen LogP contribution in [-0.4, -0.2) is 53.5 Å². The highest BCUT2D eigenvalue weighted by Gasteiger charge is 2.31. The van der Waals surface area contributed by atoms with Crippen molar-refractivity contribution in [3.8, 4) is 0 Å². The molecule has 3 N–H and O–H groups in total. The van der Waals surface area contributed by atoms with Gasteiger partial charge in [-0.15, -0.1) is 0 Å². The summed E-state index contributed by atoms with van der Waals surface area (Å²) in [5, 5.41) is 14.8. The zero-order chi connectivity index (χ0) is 17.7. The zero-order valence-electron chi connectivity index (χ0n) is 13.3. The van der Waals surface area contributed by atoms with E-state index in [1.165, 1.54) is 0 Å². The molecule has 0 bridgehead atoms. The second-order valence-electron chi connectivity index (χ2n) is 5.70. The molecule has 1 aromatic carbocycles. The number of carboxylic acid groups (broad SMARTS) is 1. The van der Waals surface area contributed by atoms with Crippen LogP contribution in [0.15, 0.2) is 18.2 Å². The molecule has 1 heterocycles. The van der Waals surface area contributed by atoms with Crippen molar-refractivity contribution in [2.45, 2.75) is 25.8 Å². The van der Waals surface area contributed by atoms with Crippen LogP contribution in [0.1, 0.15) is 18.4 Å². The second-order valence-corrected chi connectivity index (χ2v) is 6.11. The van der Waals surface area contributed by atoms with Crippen molar-refractivity contribution in [3.05, 3.63) is 28.8 Å². The Morgan fingerprint density at radius 1 is 1.33 bits per heavy atom. The number of carboxylic acids is 1. The number of nitrogens with zero attached hydrogens (tertiary/aromatic N) is 1. The monoisotopic (exact) mass is 353 g/mol. The number of carbonyl (C=O) groups is 3. The summed E-state index contributed by atoms with van der Waals surface area (Å²) in [5.74, 6) is -1.67. The Balaban J connectivity index is 1.80. The average molecular weight is 354 g/mol. The van der Waals surface area contributed by atoms with E-state index in [0.29, 0.717) is 23.7 Å². The van der Waals surface area contributed by atoms with Crippen molar-refractivity contribution >= 4 is 35.1 Å². The molecule has 1 aliphatic heterocycles. The molecule has 1 fully saturated rings. The standard InChI is InChI=1S/C16H20ClN3O4/c1-10-11(17)4-2-5-12(10)19-14(21)8-18-15(22)9-20-7-3-6-13(20)16(23)24/h2,4-5,13H,3,6-9H2,1H3,(H,18,22)(H,19,21)(H,23,24). The molecule has 1 aromatic rings. The minimum absolute atomic E-state index is 0.0273. The summed E-state index contributed by atoms with van der Waals surface area (Å²) in [6.45, 7) is 2.14. The third kappa shape index (κ3) is 4.69. The Morgan fingerprint density at radius 3 is 2.79 bits per heavy atom. The molecule has 0 radical (unpaired) electrons. The smallest absolute Gasteiger partial charge is 0.320 e. The van der Waals surface area contributed by atoms with Crippen LogP contribution >= 0.6 is 11.6 Å². The molecule has 0 saturated carbocycles. The highest BCUT2D eigenvalue weighted by molar-refractivity contribution is 6.31. The van der Waals surface area contributed by atoms with Gasteiger partial charge in [0.25, 0.3) is 0 Å². The Labute approximate surface area is 145 Å². The number of hydrogen-bond acceptors (Lipinski definition) is 4. The van der Waals surface area contributed by atoms with Crippen LogP contribution in [0.4, 0.5) is 5.69 Å². The Bertz CT molecular complexity index is 650. The Kier molecular flexibility index (Phi) is 6.16. The summed E-state index contributed by atoms with van der Waals surface area (Å²) in [4.78, 5) is 36.5. The van der Waals surface area contributed by atoms with E-state index >= 15 is 0 Å². The van der Waals surface area contributed by atoms with Crippen molar-refractivity contribution in [2.24, 2.45) is 0 Å². The number of likely N-dealkylation sites (tertiary alicyclic amines) is 1. The van der Waals surface area contributed by atoms with Gasteiger partial charge in [-0.25, -0.2) is 0 Å². The van der Waals surface area contributed by atoms with Gasteiger partial charge in [0.1, 0.15) is 6.04 Å². The summed E-state index contributed by atoms with van der Waals surface area (Å²) in [6.07, 6.45) is 1.29. The summed E-state index contributed by atoms with van der Waals surface area (Å²) >= 11 is 5.98. The Hall–Kier alpha value is -2.12. The van der Waals surface area contributed by atoms with Gasteiger partial charge in [0.15, 0.2) is 0 Å². The second kappa shape index (κ2) is 8.12. The van der Waals surface area contributed by atoms with E-state index in [9.17, 15) is 14.4 Å². The van der Waals surface area contributed by atoms with Crippen LogP contribution in [0.2, 0.25) is 5.02 Å². The van der Waals surface area contributed by atoms with Crippen LogP contribution in [0.3, 0.4) is 0 Å². The summed E-state index contributed by atoms with van der Waals surface area (Å²) in [6, 6.07) is 4.55. The molecule has 2 amide bonds. The van der Waals surface area contributed by atoms with Gasteiger partial charge in [-0.2, -0.15) is 0 Å². The van der Waals surface area contributed by atoms with Gasteiger partial charge >= 0.3 is 5.97 Å². The molecule has 0 spiro atoms. The van der Waals surface area contributed by atoms with Crippen LogP contribution in [0.5, 0.6) is 0 Å². The maximum atomic E-state index is 11.9. The first-order valence-electron chi connectivity index (χ1n) is 7.67. The third-order valence-electron chi connectivity index (χ3n) is 3.98.